The third-order valence-electron chi connectivity index (χ3n) is 2.48. The highest BCUT2D eigenvalue weighted by atomic mass is 19.1. The minimum Gasteiger partial charge on any atom is -0.505 e. The summed E-state index contributed by atoms with van der Waals surface area (Å²) in [5, 5.41) is 19.1. The first-order valence-electron chi connectivity index (χ1n) is 5.91. The lowest BCUT2D eigenvalue weighted by atomic mass is 10.2. The first-order valence-corrected chi connectivity index (χ1v) is 5.91. The molecule has 2 N–H and O–H groups in total. The van der Waals surface area contributed by atoms with Gasteiger partial charge in [-0.25, -0.2) is 8.78 Å². The third-order valence-corrected chi connectivity index (χ3v) is 2.48. The predicted molar refractivity (Wildman–Crippen MR) is 65.0 cm³/mol. The van der Waals surface area contributed by atoms with Crippen molar-refractivity contribution in [3.8, 4) is 5.75 Å². The molecule has 1 aromatic heterocycles. The van der Waals surface area contributed by atoms with Crippen LogP contribution in [-0.2, 0) is 17.9 Å². The first kappa shape index (κ1) is 14.2. The summed E-state index contributed by atoms with van der Waals surface area (Å²) in [7, 11) is 0. The molecule has 0 amide bonds. The van der Waals surface area contributed by atoms with E-state index in [-0.39, 0.29) is 30.6 Å². The number of nitrogens with one attached hydrogen (secondary N) is 1. The highest BCUT2D eigenvalue weighted by Crippen LogP contribution is 2.22. The number of halogens is 2. The molecule has 0 aliphatic rings. The van der Waals surface area contributed by atoms with E-state index in [1.807, 2.05) is 6.92 Å². The van der Waals surface area contributed by atoms with Crippen LogP contribution < -0.4 is 5.32 Å². The molecular weight excluding hydrogens is 272 g/mol. The van der Waals surface area contributed by atoms with Crippen molar-refractivity contribution in [2.24, 2.45) is 0 Å². The van der Waals surface area contributed by atoms with Gasteiger partial charge in [-0.1, -0.05) is 5.10 Å². The van der Waals surface area contributed by atoms with Crippen molar-refractivity contribution in [2.45, 2.75) is 20.1 Å². The zero-order valence-electron chi connectivity index (χ0n) is 10.7. The standard InChI is InChI=1S/C12H13F2N3O3/c1-2-19-6-10-16-17-12(20-10)15-5-7-8(13)3-4-9(18)11(7)14/h3-4,18H,2,5-6H2,1H3,(H,15,17). The second-order valence-corrected chi connectivity index (χ2v) is 3.85. The SMILES string of the molecule is CCOCc1nnc(NCc2c(F)ccc(O)c2F)o1. The Hall–Kier alpha value is -2.22. The van der Waals surface area contributed by atoms with Crippen molar-refractivity contribution < 1.29 is 23.0 Å². The molecular formula is C12H13F2N3O3. The first-order chi connectivity index (χ1) is 9.61. The molecule has 1 aromatic carbocycles. The summed E-state index contributed by atoms with van der Waals surface area (Å²) in [5.41, 5.74) is -0.311. The minimum absolute atomic E-state index is 0.0156. The van der Waals surface area contributed by atoms with Crippen LogP contribution in [0.25, 0.3) is 0 Å². The summed E-state index contributed by atoms with van der Waals surface area (Å²) in [5.74, 6) is -2.16. The molecule has 108 valence electrons. The lowest BCUT2D eigenvalue weighted by molar-refractivity contribution is 0.115. The van der Waals surface area contributed by atoms with Crippen LogP contribution in [-0.4, -0.2) is 21.9 Å². The molecule has 0 saturated heterocycles. The van der Waals surface area contributed by atoms with E-state index >= 15 is 0 Å². The van der Waals surface area contributed by atoms with Crippen molar-refractivity contribution in [3.63, 3.8) is 0 Å². The number of aromatic nitrogens is 2. The van der Waals surface area contributed by atoms with E-state index in [1.165, 1.54) is 0 Å². The smallest absolute Gasteiger partial charge is 0.315 e. The molecule has 0 spiro atoms. The fourth-order valence-corrected chi connectivity index (χ4v) is 1.48. The van der Waals surface area contributed by atoms with Gasteiger partial charge in [-0.15, -0.1) is 5.10 Å². The maximum Gasteiger partial charge on any atom is 0.315 e. The topological polar surface area (TPSA) is 80.4 Å². The Morgan fingerprint density at radius 3 is 2.90 bits per heavy atom. The molecule has 8 heteroatoms. The van der Waals surface area contributed by atoms with Crippen LogP contribution in [0.3, 0.4) is 0 Å². The molecule has 0 bridgehead atoms. The van der Waals surface area contributed by atoms with Gasteiger partial charge in [0.25, 0.3) is 0 Å². The second kappa shape index (κ2) is 6.29. The lowest BCUT2D eigenvalue weighted by Crippen LogP contribution is -2.05. The zero-order chi connectivity index (χ0) is 14.5. The number of rotatable bonds is 6. The quantitative estimate of drug-likeness (QED) is 0.847. The summed E-state index contributed by atoms with van der Waals surface area (Å²) in [4.78, 5) is 0. The molecule has 0 radical (unpaired) electrons. The Bertz CT molecular complexity index is 589. The Kier molecular flexibility index (Phi) is 4.46. The van der Waals surface area contributed by atoms with Crippen LogP contribution in [0, 0.1) is 11.6 Å². The fourth-order valence-electron chi connectivity index (χ4n) is 1.48. The number of hydrogen-bond donors (Lipinski definition) is 2. The van der Waals surface area contributed by atoms with Gasteiger partial charge in [-0.3, -0.25) is 0 Å². The Balaban J connectivity index is 2.02. The summed E-state index contributed by atoms with van der Waals surface area (Å²) >= 11 is 0. The van der Waals surface area contributed by atoms with Gasteiger partial charge in [0.2, 0.25) is 5.89 Å². The number of phenols is 1. The normalized spacial score (nSPS) is 10.8. The Morgan fingerprint density at radius 2 is 2.15 bits per heavy atom. The number of hydrogen-bond acceptors (Lipinski definition) is 6. The van der Waals surface area contributed by atoms with Crippen molar-refractivity contribution in [1.82, 2.24) is 10.2 Å². The van der Waals surface area contributed by atoms with Gasteiger partial charge in [0, 0.05) is 12.2 Å². The van der Waals surface area contributed by atoms with Crippen molar-refractivity contribution in [3.05, 3.63) is 35.2 Å². The van der Waals surface area contributed by atoms with Gasteiger partial charge in [-0.05, 0) is 19.1 Å². The van der Waals surface area contributed by atoms with Gasteiger partial charge in [0.15, 0.2) is 11.6 Å². The predicted octanol–water partition coefficient (Wildman–Crippen LogP) is 2.20. The lowest BCUT2D eigenvalue weighted by Gasteiger charge is -2.06. The minimum atomic E-state index is -1.02. The van der Waals surface area contributed by atoms with Crippen LogP contribution >= 0.6 is 0 Å². The number of ether oxygens (including phenoxy) is 1. The maximum atomic E-state index is 13.5. The average molecular weight is 285 g/mol. The molecule has 2 rings (SSSR count). The fraction of sp³-hybridized carbons (Fsp3) is 0.333. The maximum absolute atomic E-state index is 13.5. The molecule has 20 heavy (non-hydrogen) atoms. The number of nitrogens with zero attached hydrogens (tertiary/aromatic N) is 2. The Labute approximate surface area is 113 Å². The molecule has 2 aromatic rings. The number of benzene rings is 1. The van der Waals surface area contributed by atoms with Crippen LogP contribution in [0.4, 0.5) is 14.8 Å². The summed E-state index contributed by atoms with van der Waals surface area (Å²) < 4.78 is 37.2. The van der Waals surface area contributed by atoms with E-state index in [0.29, 0.717) is 6.61 Å². The molecule has 0 fully saturated rings. The van der Waals surface area contributed by atoms with E-state index in [1.54, 1.807) is 0 Å². The molecule has 1 heterocycles. The molecule has 0 aliphatic heterocycles. The molecule has 0 atom stereocenters. The highest BCUT2D eigenvalue weighted by molar-refractivity contribution is 5.33. The van der Waals surface area contributed by atoms with Crippen molar-refractivity contribution in [2.75, 3.05) is 11.9 Å². The van der Waals surface area contributed by atoms with Crippen molar-refractivity contribution in [1.29, 1.82) is 0 Å². The molecule has 0 aliphatic carbocycles. The molecule has 0 unspecified atom stereocenters. The van der Waals surface area contributed by atoms with E-state index in [9.17, 15) is 13.9 Å². The third kappa shape index (κ3) is 3.21. The average Bonchev–Trinajstić information content (AvgIpc) is 2.89. The van der Waals surface area contributed by atoms with E-state index < -0.39 is 17.4 Å². The van der Waals surface area contributed by atoms with Crippen LogP contribution in [0.1, 0.15) is 18.4 Å². The largest absolute Gasteiger partial charge is 0.505 e. The van der Waals surface area contributed by atoms with Gasteiger partial charge < -0.3 is 19.6 Å². The highest BCUT2D eigenvalue weighted by Gasteiger charge is 2.14. The van der Waals surface area contributed by atoms with Gasteiger partial charge in [0.1, 0.15) is 12.4 Å². The molecule has 6 nitrogen and oxygen atoms in total. The Morgan fingerprint density at radius 1 is 1.35 bits per heavy atom. The number of anilines is 1. The zero-order valence-corrected chi connectivity index (χ0v) is 10.7. The summed E-state index contributed by atoms with van der Waals surface area (Å²) in [6, 6.07) is 1.94. The van der Waals surface area contributed by atoms with Crippen LogP contribution in [0.2, 0.25) is 0 Å². The van der Waals surface area contributed by atoms with Gasteiger partial charge in [0.05, 0.1) is 6.54 Å². The van der Waals surface area contributed by atoms with Crippen molar-refractivity contribution >= 4 is 6.01 Å². The van der Waals surface area contributed by atoms with Crippen LogP contribution in [0.5, 0.6) is 5.75 Å². The number of phenolic OH excluding ortho intramolecular Hbond substituents is 1. The molecule has 0 saturated carbocycles. The van der Waals surface area contributed by atoms with E-state index in [2.05, 4.69) is 15.5 Å². The summed E-state index contributed by atoms with van der Waals surface area (Å²) in [6.07, 6.45) is 0. The second-order valence-electron chi connectivity index (χ2n) is 3.85. The van der Waals surface area contributed by atoms with Gasteiger partial charge >= 0.3 is 6.01 Å². The van der Waals surface area contributed by atoms with Gasteiger partial charge in [-0.2, -0.15) is 0 Å². The number of aromatic hydroxyl groups is 1. The van der Waals surface area contributed by atoms with E-state index in [0.717, 1.165) is 12.1 Å². The van der Waals surface area contributed by atoms with E-state index in [4.69, 9.17) is 9.15 Å². The summed E-state index contributed by atoms with van der Waals surface area (Å²) in [6.45, 7) is 2.26. The monoisotopic (exact) mass is 285 g/mol. The van der Waals surface area contributed by atoms with Crippen LogP contribution in [0.15, 0.2) is 16.5 Å².